The highest BCUT2D eigenvalue weighted by molar-refractivity contribution is 5.94. The number of carbonyl (C=O) groups is 2. The van der Waals surface area contributed by atoms with Crippen molar-refractivity contribution in [3.05, 3.63) is 72.2 Å². The molecule has 0 radical (unpaired) electrons. The Bertz CT molecular complexity index is 1090. The van der Waals surface area contributed by atoms with Crippen LogP contribution in [0.1, 0.15) is 33.4 Å². The number of likely N-dealkylation sites (N-methyl/N-ethyl adjacent to an activating group) is 1. The van der Waals surface area contributed by atoms with E-state index in [4.69, 9.17) is 4.74 Å². The Labute approximate surface area is 193 Å². The van der Waals surface area contributed by atoms with Gasteiger partial charge in [-0.25, -0.2) is 9.07 Å². The van der Waals surface area contributed by atoms with Crippen LogP contribution in [0.5, 0.6) is 5.75 Å². The number of anilines is 1. The molecule has 33 heavy (non-hydrogen) atoms. The van der Waals surface area contributed by atoms with Gasteiger partial charge in [0, 0.05) is 18.0 Å². The van der Waals surface area contributed by atoms with Crippen LogP contribution in [0.25, 0.3) is 5.69 Å². The van der Waals surface area contributed by atoms with Gasteiger partial charge >= 0.3 is 0 Å². The maximum absolute atomic E-state index is 13.4. The Morgan fingerprint density at radius 3 is 2.36 bits per heavy atom. The van der Waals surface area contributed by atoms with E-state index in [2.05, 4.69) is 10.4 Å². The number of hydrogen-bond donors (Lipinski definition) is 1. The van der Waals surface area contributed by atoms with Crippen molar-refractivity contribution in [2.45, 2.75) is 33.1 Å². The van der Waals surface area contributed by atoms with Gasteiger partial charge in [-0.05, 0) is 43.3 Å². The Balaban J connectivity index is 1.72. The average Bonchev–Trinajstić information content (AvgIpc) is 3.21. The van der Waals surface area contributed by atoms with E-state index in [-0.39, 0.29) is 36.2 Å². The lowest BCUT2D eigenvalue weighted by molar-refractivity contribution is -0.136. The topological polar surface area (TPSA) is 76.5 Å². The van der Waals surface area contributed by atoms with Crippen LogP contribution in [0.2, 0.25) is 0 Å². The molecule has 0 unspecified atom stereocenters. The molecule has 0 atom stereocenters. The van der Waals surface area contributed by atoms with E-state index < -0.39 is 0 Å². The summed E-state index contributed by atoms with van der Waals surface area (Å²) in [6, 6.07) is 16.7. The number of carbonyl (C=O) groups excluding carboxylic acids is 2. The summed E-state index contributed by atoms with van der Waals surface area (Å²) in [5.74, 6) is 0.0137. The molecule has 2 aromatic carbocycles. The normalized spacial score (nSPS) is 11.2. The van der Waals surface area contributed by atoms with Gasteiger partial charge in [0.15, 0.2) is 6.61 Å². The summed E-state index contributed by atoms with van der Waals surface area (Å²) in [7, 11) is 0. The lowest BCUT2D eigenvalue weighted by atomic mass is 9.92. The quantitative estimate of drug-likeness (QED) is 0.556. The largest absolute Gasteiger partial charge is 0.484 e. The highest BCUT2D eigenvalue weighted by Gasteiger charge is 2.23. The van der Waals surface area contributed by atoms with Crippen LogP contribution in [0.4, 0.5) is 10.2 Å². The number of para-hydroxylation sites is 1. The number of aromatic nitrogens is 2. The van der Waals surface area contributed by atoms with Gasteiger partial charge < -0.3 is 15.0 Å². The summed E-state index contributed by atoms with van der Waals surface area (Å²) in [4.78, 5) is 26.8. The predicted octanol–water partition coefficient (Wildman–Crippen LogP) is 4.17. The van der Waals surface area contributed by atoms with E-state index in [0.717, 1.165) is 5.69 Å². The Kier molecular flexibility index (Phi) is 7.48. The minimum Gasteiger partial charge on any atom is -0.484 e. The summed E-state index contributed by atoms with van der Waals surface area (Å²) in [6.45, 7) is 7.91. The molecular weight excluding hydrogens is 423 g/mol. The number of nitrogens with zero attached hydrogens (tertiary/aromatic N) is 3. The fraction of sp³-hybridized carbons (Fsp3) is 0.320. The van der Waals surface area contributed by atoms with Crippen LogP contribution < -0.4 is 10.1 Å². The van der Waals surface area contributed by atoms with E-state index in [1.54, 1.807) is 41.9 Å². The summed E-state index contributed by atoms with van der Waals surface area (Å²) < 4.78 is 20.5. The Morgan fingerprint density at radius 2 is 1.76 bits per heavy atom. The first-order valence-corrected chi connectivity index (χ1v) is 10.8. The second kappa shape index (κ2) is 10.3. The minimum absolute atomic E-state index is 0.132. The number of hydrogen-bond acceptors (Lipinski definition) is 4. The molecule has 2 amide bonds. The van der Waals surface area contributed by atoms with Crippen LogP contribution in [0.3, 0.4) is 0 Å². The second-order valence-corrected chi connectivity index (χ2v) is 8.61. The number of rotatable bonds is 8. The highest BCUT2D eigenvalue weighted by atomic mass is 19.1. The van der Waals surface area contributed by atoms with Crippen LogP contribution in [-0.2, 0) is 15.0 Å². The number of amides is 2. The van der Waals surface area contributed by atoms with E-state index in [0.29, 0.717) is 23.8 Å². The third-order valence-corrected chi connectivity index (χ3v) is 4.99. The summed E-state index contributed by atoms with van der Waals surface area (Å²) >= 11 is 0. The number of halogens is 1. The van der Waals surface area contributed by atoms with Gasteiger partial charge in [0.05, 0.1) is 17.9 Å². The van der Waals surface area contributed by atoms with Crippen molar-refractivity contribution >= 4 is 17.6 Å². The van der Waals surface area contributed by atoms with Gasteiger partial charge in [0.1, 0.15) is 17.4 Å². The average molecular weight is 453 g/mol. The lowest BCUT2D eigenvalue weighted by Crippen LogP contribution is -2.40. The molecule has 1 aromatic heterocycles. The SMILES string of the molecule is CCN(CC(=O)Nc1cc(C(C)(C)C)nn1-c1ccc(F)cc1)C(=O)COc1ccccc1. The molecule has 3 rings (SSSR count). The first-order chi connectivity index (χ1) is 15.7. The lowest BCUT2D eigenvalue weighted by Gasteiger charge is -2.20. The highest BCUT2D eigenvalue weighted by Crippen LogP contribution is 2.26. The molecule has 0 fully saturated rings. The van der Waals surface area contributed by atoms with E-state index >= 15 is 0 Å². The van der Waals surface area contributed by atoms with Crippen molar-refractivity contribution in [2.75, 3.05) is 25.0 Å². The molecule has 0 aliphatic rings. The molecule has 8 heteroatoms. The molecule has 1 heterocycles. The van der Waals surface area contributed by atoms with Crippen molar-refractivity contribution in [1.29, 1.82) is 0 Å². The van der Waals surface area contributed by atoms with Crippen molar-refractivity contribution in [2.24, 2.45) is 0 Å². The number of nitrogens with one attached hydrogen (secondary N) is 1. The molecule has 0 bridgehead atoms. The molecule has 0 saturated heterocycles. The van der Waals surface area contributed by atoms with Crippen molar-refractivity contribution in [3.8, 4) is 11.4 Å². The zero-order valence-electron chi connectivity index (χ0n) is 19.3. The van der Waals surface area contributed by atoms with Crippen molar-refractivity contribution in [1.82, 2.24) is 14.7 Å². The maximum Gasteiger partial charge on any atom is 0.260 e. The van der Waals surface area contributed by atoms with Gasteiger partial charge in [-0.1, -0.05) is 39.0 Å². The van der Waals surface area contributed by atoms with Gasteiger partial charge in [-0.3, -0.25) is 9.59 Å². The van der Waals surface area contributed by atoms with Gasteiger partial charge in [0.2, 0.25) is 5.91 Å². The number of benzene rings is 2. The van der Waals surface area contributed by atoms with Crippen LogP contribution >= 0.6 is 0 Å². The molecule has 3 aromatic rings. The zero-order valence-corrected chi connectivity index (χ0v) is 19.3. The van der Waals surface area contributed by atoms with Crippen LogP contribution in [-0.4, -0.2) is 46.2 Å². The molecule has 0 aliphatic heterocycles. The van der Waals surface area contributed by atoms with Gasteiger partial charge in [-0.15, -0.1) is 0 Å². The molecule has 1 N–H and O–H groups in total. The Hall–Kier alpha value is -3.68. The second-order valence-electron chi connectivity index (χ2n) is 8.61. The monoisotopic (exact) mass is 452 g/mol. The van der Waals surface area contributed by atoms with E-state index in [1.165, 1.54) is 17.0 Å². The first kappa shape index (κ1) is 24.0. The molecule has 7 nitrogen and oxygen atoms in total. The maximum atomic E-state index is 13.4. The molecular formula is C25H29FN4O3. The molecule has 174 valence electrons. The fourth-order valence-corrected chi connectivity index (χ4v) is 3.10. The number of ether oxygens (including phenoxy) is 1. The van der Waals surface area contributed by atoms with E-state index in [1.807, 2.05) is 39.0 Å². The first-order valence-electron chi connectivity index (χ1n) is 10.8. The van der Waals surface area contributed by atoms with Gasteiger partial charge in [-0.2, -0.15) is 5.10 Å². The molecule has 0 saturated carbocycles. The van der Waals surface area contributed by atoms with Crippen molar-refractivity contribution in [3.63, 3.8) is 0 Å². The molecule has 0 aliphatic carbocycles. The van der Waals surface area contributed by atoms with Gasteiger partial charge in [0.25, 0.3) is 5.91 Å². The third-order valence-electron chi connectivity index (χ3n) is 4.99. The molecule has 0 spiro atoms. The van der Waals surface area contributed by atoms with Crippen molar-refractivity contribution < 1.29 is 18.7 Å². The standard InChI is InChI=1S/C25H29FN4O3/c1-5-29(24(32)17-33-20-9-7-6-8-10-20)16-23(31)27-22-15-21(25(2,3)4)28-30(22)19-13-11-18(26)12-14-19/h6-15H,5,16-17H2,1-4H3,(H,27,31). The third kappa shape index (κ3) is 6.41. The summed E-state index contributed by atoms with van der Waals surface area (Å²) in [5.41, 5.74) is 1.12. The summed E-state index contributed by atoms with van der Waals surface area (Å²) in [6.07, 6.45) is 0. The smallest absolute Gasteiger partial charge is 0.260 e. The minimum atomic E-state index is -0.367. The van der Waals surface area contributed by atoms with Crippen LogP contribution in [0.15, 0.2) is 60.7 Å². The van der Waals surface area contributed by atoms with Crippen LogP contribution in [0, 0.1) is 5.82 Å². The predicted molar refractivity (Wildman–Crippen MR) is 125 cm³/mol. The summed E-state index contributed by atoms with van der Waals surface area (Å²) in [5, 5.41) is 7.45. The van der Waals surface area contributed by atoms with E-state index in [9.17, 15) is 14.0 Å². The fourth-order valence-electron chi connectivity index (χ4n) is 3.10. The zero-order chi connectivity index (χ0) is 24.0. The Morgan fingerprint density at radius 1 is 1.09 bits per heavy atom.